The first-order chi connectivity index (χ1) is 4.36. The number of hydrogen-bond acceptors (Lipinski definition) is 2. The molecule has 0 radical (unpaired) electrons. The maximum Gasteiger partial charge on any atom is 0.339 e. The first-order valence-corrected chi connectivity index (χ1v) is 3.31. The van der Waals surface area contributed by atoms with E-state index in [4.69, 9.17) is 28.3 Å². The van der Waals surface area contributed by atoms with Gasteiger partial charge in [-0.15, -0.1) is 0 Å². The zero-order valence-corrected chi connectivity index (χ0v) is 7.62. The Labute approximate surface area is 70.3 Å². The molecule has 0 fully saturated rings. The molecule has 0 aliphatic carbocycles. The van der Waals surface area contributed by atoms with Gasteiger partial charge in [0, 0.05) is 0 Å². The van der Waals surface area contributed by atoms with E-state index in [9.17, 15) is 4.79 Å². The van der Waals surface area contributed by atoms with E-state index in [1.807, 2.05) is 14.1 Å². The average molecular weight is 188 g/mol. The summed E-state index contributed by atoms with van der Waals surface area (Å²) in [6.07, 6.45) is 0. The monoisotopic (exact) mass is 187 g/mol. The Morgan fingerprint density at radius 3 is 1.60 bits per heavy atom. The molecule has 2 N–H and O–H groups in total. The minimum absolute atomic E-state index is 1.19. The summed E-state index contributed by atoms with van der Waals surface area (Å²) in [5.41, 5.74) is 0. The summed E-state index contributed by atoms with van der Waals surface area (Å²) in [4.78, 5) is 9.76. The number of carboxylic acid groups (broad SMARTS) is 1. The molecule has 10 heavy (non-hydrogen) atoms. The number of nitrogens with one attached hydrogen (secondary N) is 1. The zero-order valence-electron chi connectivity index (χ0n) is 6.11. The van der Waals surface area contributed by atoms with Gasteiger partial charge in [0.2, 0.25) is 4.33 Å². The average Bonchev–Trinajstić information content (AvgIpc) is 1.64. The van der Waals surface area contributed by atoms with E-state index in [0.29, 0.717) is 0 Å². The van der Waals surface area contributed by atoms with E-state index < -0.39 is 10.3 Å². The van der Waals surface area contributed by atoms with Gasteiger partial charge >= 0.3 is 5.97 Å². The molecule has 0 saturated carbocycles. The van der Waals surface area contributed by atoms with Crippen LogP contribution in [0.4, 0.5) is 0 Å². The van der Waals surface area contributed by atoms with Crippen molar-refractivity contribution in [3.63, 3.8) is 0 Å². The van der Waals surface area contributed by atoms with Crippen molar-refractivity contribution in [3.8, 4) is 0 Å². The molecule has 0 rings (SSSR count). The molecule has 0 saturated heterocycles. The highest BCUT2D eigenvalue weighted by atomic mass is 35.5. The molecule has 0 spiro atoms. The van der Waals surface area contributed by atoms with Gasteiger partial charge in [0.15, 0.2) is 0 Å². The molecule has 62 valence electrons. The number of halogens is 2. The maximum absolute atomic E-state index is 9.76. The van der Waals surface area contributed by atoms with Crippen LogP contribution in [-0.4, -0.2) is 29.5 Å². The first kappa shape index (κ1) is 12.7. The Kier molecular flexibility index (Phi) is 7.31. The summed E-state index contributed by atoms with van der Waals surface area (Å²) in [6, 6.07) is 0. The molecule has 0 aliphatic rings. The second-order valence-electron chi connectivity index (χ2n) is 1.69. The van der Waals surface area contributed by atoms with Gasteiger partial charge in [0.1, 0.15) is 0 Å². The quantitative estimate of drug-likeness (QED) is 0.605. The molecule has 0 atom stereocenters. The Bertz CT molecular complexity index is 100. The van der Waals surface area contributed by atoms with Crippen molar-refractivity contribution in [1.82, 2.24) is 5.32 Å². The fourth-order valence-corrected chi connectivity index (χ4v) is 0. The molecule has 0 amide bonds. The number of carbonyl (C=O) groups is 1. The summed E-state index contributed by atoms with van der Waals surface area (Å²) < 4.78 is -1.64. The SMILES string of the molecule is CC(Cl)(Cl)C(=O)O.CNC. The lowest BCUT2D eigenvalue weighted by Gasteiger charge is -2.02. The van der Waals surface area contributed by atoms with Crippen LogP contribution < -0.4 is 5.32 Å². The van der Waals surface area contributed by atoms with Crippen LogP contribution >= 0.6 is 23.2 Å². The van der Waals surface area contributed by atoms with E-state index >= 15 is 0 Å². The van der Waals surface area contributed by atoms with E-state index in [1.54, 1.807) is 0 Å². The molecular formula is C5H11Cl2NO2. The lowest BCUT2D eigenvalue weighted by Crippen LogP contribution is -2.19. The van der Waals surface area contributed by atoms with E-state index in [1.165, 1.54) is 6.92 Å². The molecule has 0 heterocycles. The van der Waals surface area contributed by atoms with Crippen molar-refractivity contribution in [2.45, 2.75) is 11.3 Å². The lowest BCUT2D eigenvalue weighted by atomic mass is 10.5. The van der Waals surface area contributed by atoms with E-state index in [-0.39, 0.29) is 0 Å². The van der Waals surface area contributed by atoms with Gasteiger partial charge in [-0.05, 0) is 21.0 Å². The van der Waals surface area contributed by atoms with E-state index in [0.717, 1.165) is 0 Å². The highest BCUT2D eigenvalue weighted by Gasteiger charge is 2.25. The predicted molar refractivity (Wildman–Crippen MR) is 42.7 cm³/mol. The lowest BCUT2D eigenvalue weighted by molar-refractivity contribution is -0.137. The van der Waals surface area contributed by atoms with Crippen molar-refractivity contribution in [2.75, 3.05) is 14.1 Å². The first-order valence-electron chi connectivity index (χ1n) is 2.56. The Balaban J connectivity index is 0. The summed E-state index contributed by atoms with van der Waals surface area (Å²) >= 11 is 10.1. The summed E-state index contributed by atoms with van der Waals surface area (Å²) in [5, 5.41) is 10.7. The van der Waals surface area contributed by atoms with Crippen LogP contribution in [-0.2, 0) is 4.79 Å². The van der Waals surface area contributed by atoms with Gasteiger partial charge in [0.25, 0.3) is 0 Å². The molecule has 5 heteroatoms. The van der Waals surface area contributed by atoms with Crippen LogP contribution in [0.2, 0.25) is 0 Å². The molecule has 3 nitrogen and oxygen atoms in total. The molecule has 0 aromatic carbocycles. The Morgan fingerprint density at radius 1 is 1.50 bits per heavy atom. The van der Waals surface area contributed by atoms with Crippen LogP contribution in [0.1, 0.15) is 6.92 Å². The van der Waals surface area contributed by atoms with Crippen molar-refractivity contribution in [3.05, 3.63) is 0 Å². The normalized spacial score (nSPS) is 9.70. The molecule has 0 bridgehead atoms. The standard InChI is InChI=1S/C3H4Cl2O2.C2H7N/c1-3(4,5)2(6)7;1-3-2/h1H3,(H,6,7);3H,1-2H3. The van der Waals surface area contributed by atoms with E-state index in [2.05, 4.69) is 5.32 Å². The van der Waals surface area contributed by atoms with Crippen molar-refractivity contribution >= 4 is 29.2 Å². The zero-order chi connectivity index (χ0) is 8.78. The second-order valence-corrected chi connectivity index (χ2v) is 3.40. The molecule has 0 unspecified atom stereocenters. The minimum Gasteiger partial charge on any atom is -0.479 e. The molecule has 0 aromatic rings. The summed E-state index contributed by atoms with van der Waals surface area (Å²) in [5.74, 6) is -1.23. The van der Waals surface area contributed by atoms with Crippen molar-refractivity contribution in [2.24, 2.45) is 0 Å². The van der Waals surface area contributed by atoms with Gasteiger partial charge in [0.05, 0.1) is 0 Å². The Morgan fingerprint density at radius 2 is 1.60 bits per heavy atom. The molecule has 0 aromatic heterocycles. The number of hydrogen-bond donors (Lipinski definition) is 2. The minimum atomic E-state index is -1.64. The summed E-state index contributed by atoms with van der Waals surface area (Å²) in [6.45, 7) is 1.19. The van der Waals surface area contributed by atoms with Gasteiger partial charge in [-0.25, -0.2) is 4.79 Å². The third-order valence-electron chi connectivity index (χ3n) is 0.376. The van der Waals surface area contributed by atoms with Crippen LogP contribution in [0.15, 0.2) is 0 Å². The predicted octanol–water partition coefficient (Wildman–Crippen LogP) is 1.10. The van der Waals surface area contributed by atoms with Crippen LogP contribution in [0.3, 0.4) is 0 Å². The highest BCUT2D eigenvalue weighted by molar-refractivity contribution is 6.56. The third-order valence-corrected chi connectivity index (χ3v) is 0.699. The number of carboxylic acids is 1. The summed E-state index contributed by atoms with van der Waals surface area (Å²) in [7, 11) is 3.75. The van der Waals surface area contributed by atoms with Gasteiger partial charge in [-0.3, -0.25) is 0 Å². The Hall–Kier alpha value is 0.01000. The number of rotatable bonds is 1. The maximum atomic E-state index is 9.76. The van der Waals surface area contributed by atoms with Gasteiger partial charge < -0.3 is 10.4 Å². The largest absolute Gasteiger partial charge is 0.479 e. The van der Waals surface area contributed by atoms with Crippen molar-refractivity contribution < 1.29 is 9.90 Å². The second kappa shape index (κ2) is 5.77. The fraction of sp³-hybridized carbons (Fsp3) is 0.800. The third kappa shape index (κ3) is 10.9. The fourth-order valence-electron chi connectivity index (χ4n) is 0. The highest BCUT2D eigenvalue weighted by Crippen LogP contribution is 2.18. The smallest absolute Gasteiger partial charge is 0.339 e. The number of aliphatic carboxylic acids is 1. The van der Waals surface area contributed by atoms with Gasteiger partial charge in [-0.1, -0.05) is 23.2 Å². The van der Waals surface area contributed by atoms with Crippen molar-refractivity contribution in [1.29, 1.82) is 0 Å². The van der Waals surface area contributed by atoms with Crippen LogP contribution in [0.25, 0.3) is 0 Å². The topological polar surface area (TPSA) is 49.3 Å². The van der Waals surface area contributed by atoms with Crippen LogP contribution in [0, 0.1) is 0 Å². The molecular weight excluding hydrogens is 177 g/mol. The van der Waals surface area contributed by atoms with Crippen LogP contribution in [0.5, 0.6) is 0 Å². The molecule has 0 aliphatic heterocycles. The van der Waals surface area contributed by atoms with Gasteiger partial charge in [-0.2, -0.15) is 0 Å². The number of alkyl halides is 2.